The zero-order chi connectivity index (χ0) is 13.4. The maximum atomic E-state index is 11.5. The number of methoxy groups -OCH3 is 1. The van der Waals surface area contributed by atoms with Gasteiger partial charge in [0, 0.05) is 17.7 Å². The number of hydrogen-bond donors (Lipinski definition) is 2. The molecule has 0 aliphatic carbocycles. The first kappa shape index (κ1) is 14.4. The molecule has 2 amide bonds. The number of ether oxygens (including phenoxy) is 1. The Bertz CT molecular complexity index is 398. The minimum absolute atomic E-state index is 0.404. The number of benzene rings is 1. The Morgan fingerprint density at radius 3 is 2.56 bits per heavy atom. The molecule has 0 fully saturated rings. The van der Waals surface area contributed by atoms with E-state index in [0.717, 1.165) is 4.90 Å². The van der Waals surface area contributed by atoms with Gasteiger partial charge in [0.1, 0.15) is 6.04 Å². The highest BCUT2D eigenvalue weighted by atomic mass is 32.2. The SMILES string of the molecule is CNC(=O)N[C@@H](CSc1ccccc1)C(=O)OC. The molecule has 0 spiro atoms. The van der Waals surface area contributed by atoms with Gasteiger partial charge in [-0.15, -0.1) is 11.8 Å². The molecule has 1 rings (SSSR count). The Morgan fingerprint density at radius 1 is 1.33 bits per heavy atom. The van der Waals surface area contributed by atoms with Crippen LogP contribution in [0.5, 0.6) is 0 Å². The summed E-state index contributed by atoms with van der Waals surface area (Å²) < 4.78 is 4.65. The number of carbonyl (C=O) groups excluding carboxylic acids is 2. The van der Waals surface area contributed by atoms with Crippen molar-refractivity contribution in [2.24, 2.45) is 0 Å². The maximum Gasteiger partial charge on any atom is 0.329 e. The quantitative estimate of drug-likeness (QED) is 0.623. The third kappa shape index (κ3) is 4.67. The number of thioether (sulfide) groups is 1. The summed E-state index contributed by atoms with van der Waals surface area (Å²) in [5.41, 5.74) is 0. The summed E-state index contributed by atoms with van der Waals surface area (Å²) in [6, 6.07) is 8.57. The van der Waals surface area contributed by atoms with Gasteiger partial charge in [0.15, 0.2) is 0 Å². The molecule has 0 aromatic heterocycles. The first-order chi connectivity index (χ1) is 8.67. The molecule has 0 aliphatic heterocycles. The van der Waals surface area contributed by atoms with Crippen LogP contribution in [-0.2, 0) is 9.53 Å². The van der Waals surface area contributed by atoms with Crippen molar-refractivity contribution in [2.75, 3.05) is 19.9 Å². The molecule has 0 radical (unpaired) electrons. The van der Waals surface area contributed by atoms with E-state index in [1.807, 2.05) is 30.3 Å². The van der Waals surface area contributed by atoms with E-state index in [4.69, 9.17) is 0 Å². The van der Waals surface area contributed by atoms with E-state index < -0.39 is 18.0 Å². The molecule has 1 atom stereocenters. The number of nitrogens with one attached hydrogen (secondary N) is 2. The predicted octanol–water partition coefficient (Wildman–Crippen LogP) is 1.25. The summed E-state index contributed by atoms with van der Waals surface area (Å²) in [4.78, 5) is 23.8. The van der Waals surface area contributed by atoms with Crippen LogP contribution in [0.4, 0.5) is 4.79 Å². The maximum absolute atomic E-state index is 11.5. The Labute approximate surface area is 110 Å². The van der Waals surface area contributed by atoms with Crippen LogP contribution >= 0.6 is 11.8 Å². The van der Waals surface area contributed by atoms with Crippen molar-refractivity contribution in [1.82, 2.24) is 10.6 Å². The minimum atomic E-state index is -0.667. The summed E-state index contributed by atoms with van der Waals surface area (Å²) >= 11 is 1.48. The van der Waals surface area contributed by atoms with Crippen LogP contribution in [0.15, 0.2) is 35.2 Å². The lowest BCUT2D eigenvalue weighted by atomic mass is 10.3. The Balaban J connectivity index is 2.56. The first-order valence-electron chi connectivity index (χ1n) is 5.41. The van der Waals surface area contributed by atoms with Gasteiger partial charge >= 0.3 is 12.0 Å². The fourth-order valence-electron chi connectivity index (χ4n) is 1.24. The number of hydrogen-bond acceptors (Lipinski definition) is 4. The van der Waals surface area contributed by atoms with Crippen molar-refractivity contribution in [3.05, 3.63) is 30.3 Å². The highest BCUT2D eigenvalue weighted by Gasteiger charge is 2.21. The molecule has 6 heteroatoms. The summed E-state index contributed by atoms with van der Waals surface area (Å²) in [5, 5.41) is 4.95. The lowest BCUT2D eigenvalue weighted by Gasteiger charge is -2.15. The molecule has 1 aromatic carbocycles. The van der Waals surface area contributed by atoms with E-state index in [2.05, 4.69) is 15.4 Å². The molecule has 0 aliphatic rings. The van der Waals surface area contributed by atoms with Gasteiger partial charge in [0.2, 0.25) is 0 Å². The standard InChI is InChI=1S/C12H16N2O3S/c1-13-12(16)14-10(11(15)17-2)8-18-9-6-4-3-5-7-9/h3-7,10H,8H2,1-2H3,(H2,13,14,16)/t10-/m0/s1. The molecule has 18 heavy (non-hydrogen) atoms. The smallest absolute Gasteiger partial charge is 0.329 e. The first-order valence-corrected chi connectivity index (χ1v) is 6.40. The largest absolute Gasteiger partial charge is 0.467 e. The van der Waals surface area contributed by atoms with Crippen molar-refractivity contribution >= 4 is 23.8 Å². The molecule has 1 aromatic rings. The van der Waals surface area contributed by atoms with Crippen LogP contribution in [0.3, 0.4) is 0 Å². The minimum Gasteiger partial charge on any atom is -0.467 e. The third-order valence-corrected chi connectivity index (χ3v) is 3.28. The Morgan fingerprint density at radius 2 is 2.00 bits per heavy atom. The lowest BCUT2D eigenvalue weighted by molar-refractivity contribution is -0.142. The van der Waals surface area contributed by atoms with Crippen LogP contribution in [0.1, 0.15) is 0 Å². The van der Waals surface area contributed by atoms with Gasteiger partial charge in [0.05, 0.1) is 7.11 Å². The fraction of sp³-hybridized carbons (Fsp3) is 0.333. The Hall–Kier alpha value is -1.69. The number of rotatable bonds is 5. The van der Waals surface area contributed by atoms with E-state index in [0.29, 0.717) is 5.75 Å². The molecule has 2 N–H and O–H groups in total. The van der Waals surface area contributed by atoms with Crippen molar-refractivity contribution in [3.8, 4) is 0 Å². The van der Waals surface area contributed by atoms with Gasteiger partial charge in [-0.2, -0.15) is 0 Å². The van der Waals surface area contributed by atoms with Crippen LogP contribution in [0, 0.1) is 0 Å². The molecule has 0 saturated heterocycles. The molecule has 5 nitrogen and oxygen atoms in total. The molecule has 0 heterocycles. The summed E-state index contributed by atoms with van der Waals surface area (Å²) in [6.45, 7) is 0. The van der Waals surface area contributed by atoms with Gasteiger partial charge in [-0.25, -0.2) is 9.59 Å². The number of urea groups is 1. The van der Waals surface area contributed by atoms with E-state index >= 15 is 0 Å². The summed E-state index contributed by atoms with van der Waals surface area (Å²) in [7, 11) is 2.79. The average Bonchev–Trinajstić information content (AvgIpc) is 2.43. The molecular weight excluding hydrogens is 252 g/mol. The third-order valence-electron chi connectivity index (χ3n) is 2.18. The number of amides is 2. The second kappa shape index (κ2) is 7.60. The molecular formula is C12H16N2O3S. The van der Waals surface area contributed by atoms with Gasteiger partial charge in [-0.05, 0) is 12.1 Å². The van der Waals surface area contributed by atoms with Crippen LogP contribution in [0.25, 0.3) is 0 Å². The van der Waals surface area contributed by atoms with Crippen LogP contribution < -0.4 is 10.6 Å². The van der Waals surface area contributed by atoms with Gasteiger partial charge in [0.25, 0.3) is 0 Å². The molecule has 0 bridgehead atoms. The summed E-state index contributed by atoms with van der Waals surface area (Å²) in [5.74, 6) is -0.0357. The highest BCUT2D eigenvalue weighted by Crippen LogP contribution is 2.18. The number of carbonyl (C=O) groups is 2. The average molecular weight is 268 g/mol. The fourth-order valence-corrected chi connectivity index (χ4v) is 2.17. The zero-order valence-electron chi connectivity index (χ0n) is 10.3. The topological polar surface area (TPSA) is 67.4 Å². The number of esters is 1. The molecule has 0 unspecified atom stereocenters. The van der Waals surface area contributed by atoms with E-state index in [1.54, 1.807) is 0 Å². The Kier molecular flexibility index (Phi) is 6.07. The molecule has 0 saturated carbocycles. The van der Waals surface area contributed by atoms with Gasteiger partial charge in [-0.1, -0.05) is 18.2 Å². The van der Waals surface area contributed by atoms with E-state index in [-0.39, 0.29) is 0 Å². The van der Waals surface area contributed by atoms with Gasteiger partial charge in [-0.3, -0.25) is 0 Å². The zero-order valence-corrected chi connectivity index (χ0v) is 11.1. The summed E-state index contributed by atoms with van der Waals surface area (Å²) in [6.07, 6.45) is 0. The normalized spacial score (nSPS) is 11.4. The van der Waals surface area contributed by atoms with Crippen LogP contribution in [0.2, 0.25) is 0 Å². The van der Waals surface area contributed by atoms with E-state index in [9.17, 15) is 9.59 Å². The van der Waals surface area contributed by atoms with Crippen molar-refractivity contribution in [1.29, 1.82) is 0 Å². The highest BCUT2D eigenvalue weighted by molar-refractivity contribution is 7.99. The van der Waals surface area contributed by atoms with Crippen molar-refractivity contribution in [3.63, 3.8) is 0 Å². The molecule has 98 valence electrons. The lowest BCUT2D eigenvalue weighted by Crippen LogP contribution is -2.46. The monoisotopic (exact) mass is 268 g/mol. The van der Waals surface area contributed by atoms with Crippen molar-refractivity contribution in [2.45, 2.75) is 10.9 Å². The second-order valence-electron chi connectivity index (χ2n) is 3.42. The predicted molar refractivity (Wildman–Crippen MR) is 70.6 cm³/mol. The van der Waals surface area contributed by atoms with Gasteiger partial charge < -0.3 is 15.4 Å². The van der Waals surface area contributed by atoms with Crippen LogP contribution in [-0.4, -0.2) is 38.0 Å². The second-order valence-corrected chi connectivity index (χ2v) is 4.52. The van der Waals surface area contributed by atoms with E-state index in [1.165, 1.54) is 25.9 Å². The van der Waals surface area contributed by atoms with Crippen molar-refractivity contribution < 1.29 is 14.3 Å².